The summed E-state index contributed by atoms with van der Waals surface area (Å²) in [5.74, 6) is 6.69. The Kier molecular flexibility index (Phi) is 8.37. The zero-order chi connectivity index (χ0) is 21.0. The smallest absolute Gasteiger partial charge is 0.00851 e. The molecular formula is C29H52. The van der Waals surface area contributed by atoms with E-state index in [1.54, 1.807) is 0 Å². The Balaban J connectivity index is 1.57. The molecule has 2 saturated carbocycles. The van der Waals surface area contributed by atoms with Gasteiger partial charge in [-0.2, -0.15) is 0 Å². The van der Waals surface area contributed by atoms with Crippen LogP contribution in [-0.4, -0.2) is 0 Å². The van der Waals surface area contributed by atoms with Crippen LogP contribution < -0.4 is 0 Å². The molecule has 0 amide bonds. The van der Waals surface area contributed by atoms with E-state index in [4.69, 9.17) is 0 Å². The molecule has 7 atom stereocenters. The van der Waals surface area contributed by atoms with Crippen molar-refractivity contribution < 1.29 is 0 Å². The molecule has 7 unspecified atom stereocenters. The summed E-state index contributed by atoms with van der Waals surface area (Å²) in [4.78, 5) is 0. The van der Waals surface area contributed by atoms with Gasteiger partial charge in [0.15, 0.2) is 0 Å². The first-order valence-corrected chi connectivity index (χ1v) is 13.5. The quantitative estimate of drug-likeness (QED) is 0.338. The topological polar surface area (TPSA) is 0 Å². The van der Waals surface area contributed by atoms with E-state index in [0.29, 0.717) is 5.41 Å². The fraction of sp³-hybridized carbons (Fsp3) is 0.931. The number of hydrogen-bond donors (Lipinski definition) is 0. The lowest BCUT2D eigenvalue weighted by atomic mass is 9.50. The van der Waals surface area contributed by atoms with E-state index in [2.05, 4.69) is 47.6 Å². The molecule has 0 nitrogen and oxygen atoms in total. The molecule has 0 aromatic heterocycles. The van der Waals surface area contributed by atoms with Crippen LogP contribution in [0.2, 0.25) is 0 Å². The van der Waals surface area contributed by atoms with Crippen molar-refractivity contribution in [3.05, 3.63) is 11.6 Å². The van der Waals surface area contributed by atoms with Gasteiger partial charge in [0.25, 0.3) is 0 Å². The highest BCUT2D eigenvalue weighted by atomic mass is 14.5. The maximum absolute atomic E-state index is 2.74. The van der Waals surface area contributed by atoms with Gasteiger partial charge in [0, 0.05) is 0 Å². The standard InChI is InChI=1S/C29H52/c1-7-24(23(5)11-8-10-21(2)3)14-15-25-12-9-13-28-27(25)17-16-26-20-22(4)18-19-29(26,28)6/h16,21-25,27-28H,7-15,17-20H2,1-6H3. The molecule has 0 heteroatoms. The number of fused-ring (bicyclic) bond motifs is 3. The highest BCUT2D eigenvalue weighted by Crippen LogP contribution is 2.59. The van der Waals surface area contributed by atoms with Crippen molar-refractivity contribution in [2.75, 3.05) is 0 Å². The van der Waals surface area contributed by atoms with Gasteiger partial charge in [-0.1, -0.05) is 91.7 Å². The fourth-order valence-electron chi connectivity index (χ4n) is 7.70. The minimum absolute atomic E-state index is 0.558. The molecule has 0 bridgehead atoms. The third-order valence-corrected chi connectivity index (χ3v) is 9.80. The van der Waals surface area contributed by atoms with Crippen LogP contribution in [0.3, 0.4) is 0 Å². The largest absolute Gasteiger partial charge is 0.0845 e. The van der Waals surface area contributed by atoms with Crippen LogP contribution in [0.15, 0.2) is 11.6 Å². The maximum atomic E-state index is 2.74. The molecule has 3 aliphatic rings. The number of allylic oxidation sites excluding steroid dienone is 2. The number of rotatable bonds is 9. The maximum Gasteiger partial charge on any atom is -0.00851 e. The highest BCUT2D eigenvalue weighted by molar-refractivity contribution is 5.23. The average Bonchev–Trinajstić information content (AvgIpc) is 2.69. The normalized spacial score (nSPS) is 36.9. The van der Waals surface area contributed by atoms with Gasteiger partial charge in [-0.05, 0) is 91.8 Å². The van der Waals surface area contributed by atoms with Crippen molar-refractivity contribution >= 4 is 0 Å². The fourth-order valence-corrected chi connectivity index (χ4v) is 7.70. The predicted octanol–water partition coefficient (Wildman–Crippen LogP) is 9.44. The Labute approximate surface area is 183 Å². The van der Waals surface area contributed by atoms with Gasteiger partial charge in [-0.3, -0.25) is 0 Å². The van der Waals surface area contributed by atoms with Gasteiger partial charge in [0.1, 0.15) is 0 Å². The lowest BCUT2D eigenvalue weighted by molar-refractivity contribution is 0.0213. The monoisotopic (exact) mass is 400 g/mol. The Morgan fingerprint density at radius 1 is 1.07 bits per heavy atom. The van der Waals surface area contributed by atoms with Gasteiger partial charge >= 0.3 is 0 Å². The van der Waals surface area contributed by atoms with Crippen molar-refractivity contribution in [3.8, 4) is 0 Å². The lowest BCUT2D eigenvalue weighted by Gasteiger charge is -2.54. The van der Waals surface area contributed by atoms with Crippen molar-refractivity contribution in [2.45, 2.75) is 125 Å². The van der Waals surface area contributed by atoms with Crippen molar-refractivity contribution in [1.29, 1.82) is 0 Å². The Hall–Kier alpha value is -0.260. The molecule has 0 radical (unpaired) electrons. The summed E-state index contributed by atoms with van der Waals surface area (Å²) in [7, 11) is 0. The van der Waals surface area contributed by atoms with Gasteiger partial charge in [-0.15, -0.1) is 0 Å². The van der Waals surface area contributed by atoms with Crippen molar-refractivity contribution in [1.82, 2.24) is 0 Å². The van der Waals surface area contributed by atoms with E-state index in [0.717, 1.165) is 41.4 Å². The van der Waals surface area contributed by atoms with Crippen LogP contribution in [0, 0.1) is 46.8 Å². The van der Waals surface area contributed by atoms with E-state index in [1.807, 2.05) is 5.57 Å². The third-order valence-electron chi connectivity index (χ3n) is 9.80. The molecule has 168 valence electrons. The van der Waals surface area contributed by atoms with Crippen LogP contribution >= 0.6 is 0 Å². The summed E-state index contributed by atoms with van der Waals surface area (Å²) in [5.41, 5.74) is 2.42. The zero-order valence-corrected chi connectivity index (χ0v) is 20.8. The molecule has 0 heterocycles. The van der Waals surface area contributed by atoms with Gasteiger partial charge in [0.2, 0.25) is 0 Å². The summed E-state index contributed by atoms with van der Waals surface area (Å²) in [6.45, 7) is 14.9. The second kappa shape index (κ2) is 10.4. The summed E-state index contributed by atoms with van der Waals surface area (Å²) >= 11 is 0. The molecule has 2 fully saturated rings. The average molecular weight is 401 g/mol. The molecule has 0 spiro atoms. The first-order chi connectivity index (χ1) is 13.8. The summed E-state index contributed by atoms with van der Waals surface area (Å²) in [6, 6.07) is 0. The van der Waals surface area contributed by atoms with E-state index in [9.17, 15) is 0 Å². The van der Waals surface area contributed by atoms with Crippen molar-refractivity contribution in [2.24, 2.45) is 46.8 Å². The zero-order valence-electron chi connectivity index (χ0n) is 20.8. The van der Waals surface area contributed by atoms with Crippen LogP contribution in [0.4, 0.5) is 0 Å². The Morgan fingerprint density at radius 2 is 1.86 bits per heavy atom. The lowest BCUT2D eigenvalue weighted by Crippen LogP contribution is -2.45. The molecule has 3 rings (SSSR count). The van der Waals surface area contributed by atoms with E-state index in [1.165, 1.54) is 83.5 Å². The molecule has 0 aromatic carbocycles. The van der Waals surface area contributed by atoms with E-state index >= 15 is 0 Å². The molecule has 0 saturated heterocycles. The van der Waals surface area contributed by atoms with Crippen LogP contribution in [-0.2, 0) is 0 Å². The molecule has 0 aliphatic heterocycles. The van der Waals surface area contributed by atoms with E-state index in [-0.39, 0.29) is 0 Å². The first-order valence-electron chi connectivity index (χ1n) is 13.5. The van der Waals surface area contributed by atoms with Gasteiger partial charge in [-0.25, -0.2) is 0 Å². The molecule has 29 heavy (non-hydrogen) atoms. The highest BCUT2D eigenvalue weighted by Gasteiger charge is 2.49. The summed E-state index contributed by atoms with van der Waals surface area (Å²) in [6.07, 6.45) is 21.7. The van der Waals surface area contributed by atoms with E-state index < -0.39 is 0 Å². The summed E-state index contributed by atoms with van der Waals surface area (Å²) < 4.78 is 0. The Morgan fingerprint density at radius 3 is 2.59 bits per heavy atom. The molecule has 0 aromatic rings. The minimum Gasteiger partial charge on any atom is -0.0845 e. The predicted molar refractivity (Wildman–Crippen MR) is 129 cm³/mol. The molecular weight excluding hydrogens is 348 g/mol. The number of hydrogen-bond acceptors (Lipinski definition) is 0. The van der Waals surface area contributed by atoms with Gasteiger partial charge in [0.05, 0.1) is 0 Å². The second-order valence-electron chi connectivity index (χ2n) is 12.2. The Bertz CT molecular complexity index is 528. The summed E-state index contributed by atoms with van der Waals surface area (Å²) in [5, 5.41) is 0. The second-order valence-corrected chi connectivity index (χ2v) is 12.2. The van der Waals surface area contributed by atoms with Crippen LogP contribution in [0.25, 0.3) is 0 Å². The van der Waals surface area contributed by atoms with Gasteiger partial charge < -0.3 is 0 Å². The first kappa shape index (κ1) is 23.4. The molecule has 0 N–H and O–H groups in total. The van der Waals surface area contributed by atoms with Crippen LogP contribution in [0.5, 0.6) is 0 Å². The third kappa shape index (κ3) is 5.51. The van der Waals surface area contributed by atoms with Crippen LogP contribution in [0.1, 0.15) is 125 Å². The SMILES string of the molecule is CCC(CCC1CCCC2C1CC=C1CC(C)CCC12C)C(C)CCCC(C)C. The van der Waals surface area contributed by atoms with Crippen molar-refractivity contribution in [3.63, 3.8) is 0 Å². The molecule has 3 aliphatic carbocycles. The minimum atomic E-state index is 0.558.